The van der Waals surface area contributed by atoms with Crippen LogP contribution in [-0.4, -0.2) is 35.2 Å². The molecule has 1 fully saturated rings. The van der Waals surface area contributed by atoms with E-state index in [-0.39, 0.29) is 5.56 Å². The van der Waals surface area contributed by atoms with Crippen molar-refractivity contribution < 1.29 is 0 Å². The first-order valence-electron chi connectivity index (χ1n) is 6.30. The summed E-state index contributed by atoms with van der Waals surface area (Å²) >= 11 is 0. The van der Waals surface area contributed by atoms with Crippen molar-refractivity contribution in [1.82, 2.24) is 14.9 Å². The number of nitrogens with one attached hydrogen (secondary N) is 1. The SMILES string of the molecule is CCN(c1nccn(CC)c1=O)C1CCNC1. The van der Waals surface area contributed by atoms with Gasteiger partial charge in [0.25, 0.3) is 5.56 Å². The van der Waals surface area contributed by atoms with Crippen LogP contribution < -0.4 is 15.8 Å². The monoisotopic (exact) mass is 236 g/mol. The molecule has 1 atom stereocenters. The second-order valence-electron chi connectivity index (χ2n) is 4.27. The summed E-state index contributed by atoms with van der Waals surface area (Å²) in [6.45, 7) is 7.52. The molecule has 0 saturated carbocycles. The molecule has 1 aliphatic rings. The van der Waals surface area contributed by atoms with Gasteiger partial charge in [0.15, 0.2) is 5.82 Å². The van der Waals surface area contributed by atoms with Gasteiger partial charge in [-0.2, -0.15) is 0 Å². The number of aromatic nitrogens is 2. The van der Waals surface area contributed by atoms with Crippen LogP contribution in [0.1, 0.15) is 20.3 Å². The van der Waals surface area contributed by atoms with Crippen LogP contribution >= 0.6 is 0 Å². The predicted molar refractivity (Wildman–Crippen MR) is 68.5 cm³/mol. The first kappa shape index (κ1) is 12.1. The molecule has 0 spiro atoms. The smallest absolute Gasteiger partial charge is 0.293 e. The van der Waals surface area contributed by atoms with Crippen molar-refractivity contribution in [3.8, 4) is 0 Å². The van der Waals surface area contributed by atoms with E-state index in [9.17, 15) is 4.79 Å². The van der Waals surface area contributed by atoms with Crippen LogP contribution in [0.3, 0.4) is 0 Å². The molecule has 0 aromatic carbocycles. The van der Waals surface area contributed by atoms with Gasteiger partial charge in [0.05, 0.1) is 0 Å². The van der Waals surface area contributed by atoms with E-state index in [0.717, 1.165) is 26.1 Å². The predicted octanol–water partition coefficient (Wildman–Crippen LogP) is 0.451. The Balaban J connectivity index is 2.33. The second kappa shape index (κ2) is 5.31. The summed E-state index contributed by atoms with van der Waals surface area (Å²) in [5.41, 5.74) is 0.0174. The van der Waals surface area contributed by atoms with E-state index in [1.807, 2.05) is 6.92 Å². The van der Waals surface area contributed by atoms with E-state index >= 15 is 0 Å². The van der Waals surface area contributed by atoms with Gasteiger partial charge in [-0.15, -0.1) is 0 Å². The first-order valence-corrected chi connectivity index (χ1v) is 6.30. The lowest BCUT2D eigenvalue weighted by Gasteiger charge is -2.27. The van der Waals surface area contributed by atoms with Crippen molar-refractivity contribution in [2.45, 2.75) is 32.9 Å². The standard InChI is InChI=1S/C12H20N4O/c1-3-15-8-7-14-11(12(15)17)16(4-2)10-5-6-13-9-10/h7-8,10,13H,3-6,9H2,1-2H3. The van der Waals surface area contributed by atoms with Gasteiger partial charge in [-0.05, 0) is 26.8 Å². The molecule has 2 rings (SSSR count). The molecule has 5 heteroatoms. The molecule has 1 aliphatic heterocycles. The van der Waals surface area contributed by atoms with Gasteiger partial charge in [0, 0.05) is 38.1 Å². The van der Waals surface area contributed by atoms with Gasteiger partial charge in [0.2, 0.25) is 0 Å². The molecule has 1 unspecified atom stereocenters. The highest BCUT2D eigenvalue weighted by Gasteiger charge is 2.24. The summed E-state index contributed by atoms with van der Waals surface area (Å²) in [5.74, 6) is 0.588. The number of rotatable bonds is 4. The van der Waals surface area contributed by atoms with Gasteiger partial charge in [-0.3, -0.25) is 4.79 Å². The summed E-state index contributed by atoms with van der Waals surface area (Å²) in [6.07, 6.45) is 4.54. The van der Waals surface area contributed by atoms with Crippen LogP contribution in [0.5, 0.6) is 0 Å². The van der Waals surface area contributed by atoms with Crippen LogP contribution in [0.25, 0.3) is 0 Å². The van der Waals surface area contributed by atoms with Crippen molar-refractivity contribution >= 4 is 5.82 Å². The normalized spacial score (nSPS) is 19.5. The Hall–Kier alpha value is -1.36. The van der Waals surface area contributed by atoms with Crippen LogP contribution in [0.2, 0.25) is 0 Å². The lowest BCUT2D eigenvalue weighted by Crippen LogP contribution is -2.41. The Morgan fingerprint density at radius 1 is 1.59 bits per heavy atom. The average Bonchev–Trinajstić information content (AvgIpc) is 2.86. The minimum absolute atomic E-state index is 0.0174. The molecule has 17 heavy (non-hydrogen) atoms. The molecule has 0 aliphatic carbocycles. The largest absolute Gasteiger partial charge is 0.348 e. The van der Waals surface area contributed by atoms with Crippen molar-refractivity contribution in [2.75, 3.05) is 24.5 Å². The second-order valence-corrected chi connectivity index (χ2v) is 4.27. The molecule has 1 saturated heterocycles. The molecule has 0 amide bonds. The minimum Gasteiger partial charge on any atom is -0.348 e. The molecule has 0 radical (unpaired) electrons. The molecule has 0 bridgehead atoms. The Morgan fingerprint density at radius 2 is 2.41 bits per heavy atom. The Morgan fingerprint density at radius 3 is 3.00 bits per heavy atom. The van der Waals surface area contributed by atoms with E-state index in [4.69, 9.17) is 0 Å². The lowest BCUT2D eigenvalue weighted by molar-refractivity contribution is 0.623. The third-order valence-corrected chi connectivity index (χ3v) is 3.32. The van der Waals surface area contributed by atoms with E-state index in [1.54, 1.807) is 17.0 Å². The molecule has 2 heterocycles. The van der Waals surface area contributed by atoms with Gasteiger partial charge in [-0.1, -0.05) is 0 Å². The fourth-order valence-electron chi connectivity index (χ4n) is 2.37. The van der Waals surface area contributed by atoms with Crippen LogP contribution in [0.4, 0.5) is 5.82 Å². The molecule has 94 valence electrons. The van der Waals surface area contributed by atoms with Crippen molar-refractivity contribution in [2.24, 2.45) is 0 Å². The maximum absolute atomic E-state index is 12.2. The fraction of sp³-hybridized carbons (Fsp3) is 0.667. The third-order valence-electron chi connectivity index (χ3n) is 3.32. The number of aryl methyl sites for hydroxylation is 1. The zero-order valence-corrected chi connectivity index (χ0v) is 10.5. The lowest BCUT2D eigenvalue weighted by atomic mass is 10.2. The highest BCUT2D eigenvalue weighted by Crippen LogP contribution is 2.13. The van der Waals surface area contributed by atoms with E-state index in [0.29, 0.717) is 18.4 Å². The maximum Gasteiger partial charge on any atom is 0.293 e. The fourth-order valence-corrected chi connectivity index (χ4v) is 2.37. The zero-order chi connectivity index (χ0) is 12.3. The topological polar surface area (TPSA) is 50.2 Å². The number of hydrogen-bond acceptors (Lipinski definition) is 4. The van der Waals surface area contributed by atoms with Crippen LogP contribution in [-0.2, 0) is 6.54 Å². The third kappa shape index (κ3) is 2.34. The van der Waals surface area contributed by atoms with Gasteiger partial charge < -0.3 is 14.8 Å². The minimum atomic E-state index is 0.0174. The number of hydrogen-bond donors (Lipinski definition) is 1. The first-order chi connectivity index (χ1) is 8.27. The molecule has 1 N–H and O–H groups in total. The van der Waals surface area contributed by atoms with Crippen molar-refractivity contribution in [1.29, 1.82) is 0 Å². The molecule has 1 aromatic rings. The van der Waals surface area contributed by atoms with E-state index < -0.39 is 0 Å². The maximum atomic E-state index is 12.2. The summed E-state index contributed by atoms with van der Waals surface area (Å²) in [4.78, 5) is 18.6. The molecule has 1 aromatic heterocycles. The highest BCUT2D eigenvalue weighted by molar-refractivity contribution is 5.37. The summed E-state index contributed by atoms with van der Waals surface area (Å²) < 4.78 is 1.70. The van der Waals surface area contributed by atoms with Crippen LogP contribution in [0.15, 0.2) is 17.2 Å². The number of likely N-dealkylation sites (N-methyl/N-ethyl adjacent to an activating group) is 1. The quantitative estimate of drug-likeness (QED) is 0.824. The molecular formula is C12H20N4O. The molecule has 5 nitrogen and oxygen atoms in total. The average molecular weight is 236 g/mol. The van der Waals surface area contributed by atoms with Crippen molar-refractivity contribution in [3.63, 3.8) is 0 Å². The molecular weight excluding hydrogens is 216 g/mol. The summed E-state index contributed by atoms with van der Waals surface area (Å²) in [6, 6.07) is 0.396. The van der Waals surface area contributed by atoms with Gasteiger partial charge in [0.1, 0.15) is 0 Å². The van der Waals surface area contributed by atoms with Crippen LogP contribution in [0, 0.1) is 0 Å². The van der Waals surface area contributed by atoms with E-state index in [1.165, 1.54) is 0 Å². The summed E-state index contributed by atoms with van der Waals surface area (Å²) in [5, 5.41) is 3.33. The number of anilines is 1. The highest BCUT2D eigenvalue weighted by atomic mass is 16.1. The van der Waals surface area contributed by atoms with Crippen molar-refractivity contribution in [3.05, 3.63) is 22.7 Å². The Kier molecular flexibility index (Phi) is 3.78. The zero-order valence-electron chi connectivity index (χ0n) is 10.5. The van der Waals surface area contributed by atoms with Gasteiger partial charge in [-0.25, -0.2) is 4.98 Å². The van der Waals surface area contributed by atoms with E-state index in [2.05, 4.69) is 22.1 Å². The Labute approximate surface area is 101 Å². The summed E-state index contributed by atoms with van der Waals surface area (Å²) in [7, 11) is 0. The number of nitrogens with zero attached hydrogens (tertiary/aromatic N) is 3. The Bertz CT molecular complexity index is 423. The van der Waals surface area contributed by atoms with Gasteiger partial charge >= 0.3 is 0 Å².